The number of para-hydroxylation sites is 2. The standard InChI is InChI=1S/C20H19NO4/c1-12-7-8-16-15(9-12)13(2)19(25-16)20(22)21-10-14-11-23-17-5-3-4-6-18(17)24-14/h3-9,14H,10-11H2,1-2H3,(H,21,22)/t14-/m0/s1. The van der Waals surface area contributed by atoms with Crippen LogP contribution in [-0.4, -0.2) is 25.2 Å². The maximum Gasteiger partial charge on any atom is 0.287 e. The third-order valence-electron chi connectivity index (χ3n) is 4.36. The number of amides is 1. The smallest absolute Gasteiger partial charge is 0.287 e. The van der Waals surface area contributed by atoms with E-state index in [1.807, 2.05) is 56.3 Å². The van der Waals surface area contributed by atoms with E-state index in [1.165, 1.54) is 0 Å². The second kappa shape index (κ2) is 6.16. The Labute approximate surface area is 145 Å². The van der Waals surface area contributed by atoms with Crippen molar-refractivity contribution >= 4 is 16.9 Å². The number of furan rings is 1. The van der Waals surface area contributed by atoms with Gasteiger partial charge in [-0.1, -0.05) is 23.8 Å². The molecule has 4 rings (SSSR count). The van der Waals surface area contributed by atoms with E-state index in [9.17, 15) is 4.79 Å². The quantitative estimate of drug-likeness (QED) is 0.793. The zero-order valence-corrected chi connectivity index (χ0v) is 14.2. The molecule has 0 radical (unpaired) electrons. The van der Waals surface area contributed by atoms with Gasteiger partial charge in [0.15, 0.2) is 17.3 Å². The molecular weight excluding hydrogens is 318 g/mol. The number of rotatable bonds is 3. The Morgan fingerprint density at radius 3 is 2.80 bits per heavy atom. The van der Waals surface area contributed by atoms with Gasteiger partial charge in [0.05, 0.1) is 6.54 Å². The summed E-state index contributed by atoms with van der Waals surface area (Å²) in [7, 11) is 0. The molecule has 0 saturated carbocycles. The molecule has 0 saturated heterocycles. The van der Waals surface area contributed by atoms with Crippen molar-refractivity contribution in [1.82, 2.24) is 5.32 Å². The van der Waals surface area contributed by atoms with Gasteiger partial charge in [-0.3, -0.25) is 4.79 Å². The maximum atomic E-state index is 12.5. The first kappa shape index (κ1) is 15.6. The van der Waals surface area contributed by atoms with Crippen LogP contribution in [0.15, 0.2) is 46.9 Å². The number of carbonyl (C=O) groups excluding carboxylic acids is 1. The summed E-state index contributed by atoms with van der Waals surface area (Å²) in [6, 6.07) is 13.4. The number of hydrogen-bond donors (Lipinski definition) is 1. The van der Waals surface area contributed by atoms with E-state index in [4.69, 9.17) is 13.9 Å². The van der Waals surface area contributed by atoms with Gasteiger partial charge in [-0.25, -0.2) is 0 Å². The van der Waals surface area contributed by atoms with Gasteiger partial charge >= 0.3 is 0 Å². The van der Waals surface area contributed by atoms with Gasteiger partial charge in [0.1, 0.15) is 18.3 Å². The van der Waals surface area contributed by atoms with E-state index in [1.54, 1.807) is 0 Å². The molecule has 0 fully saturated rings. The number of aryl methyl sites for hydroxylation is 2. The van der Waals surface area contributed by atoms with Gasteiger partial charge < -0.3 is 19.2 Å². The normalized spacial score (nSPS) is 16.0. The molecule has 5 nitrogen and oxygen atoms in total. The Bertz CT molecular complexity index is 944. The van der Waals surface area contributed by atoms with Crippen LogP contribution in [-0.2, 0) is 0 Å². The number of ether oxygens (including phenoxy) is 2. The minimum atomic E-state index is -0.242. The van der Waals surface area contributed by atoms with Crippen molar-refractivity contribution in [2.45, 2.75) is 20.0 Å². The van der Waals surface area contributed by atoms with E-state index < -0.39 is 0 Å². The fourth-order valence-corrected chi connectivity index (χ4v) is 3.00. The van der Waals surface area contributed by atoms with Crippen LogP contribution in [0, 0.1) is 13.8 Å². The lowest BCUT2D eigenvalue weighted by atomic mass is 10.1. The summed E-state index contributed by atoms with van der Waals surface area (Å²) in [5.74, 6) is 1.53. The van der Waals surface area contributed by atoms with Crippen LogP contribution in [0.4, 0.5) is 0 Å². The Balaban J connectivity index is 1.46. The second-order valence-electron chi connectivity index (χ2n) is 6.26. The SMILES string of the molecule is Cc1ccc2oc(C(=O)NC[C@H]3COc4ccccc4O3)c(C)c2c1. The highest BCUT2D eigenvalue weighted by Crippen LogP contribution is 2.31. The van der Waals surface area contributed by atoms with Crippen LogP contribution in [0.3, 0.4) is 0 Å². The molecule has 1 atom stereocenters. The summed E-state index contributed by atoms with van der Waals surface area (Å²) < 4.78 is 17.2. The highest BCUT2D eigenvalue weighted by Gasteiger charge is 2.23. The molecule has 1 aromatic heterocycles. The molecule has 1 N–H and O–H groups in total. The molecule has 0 unspecified atom stereocenters. The number of fused-ring (bicyclic) bond motifs is 2. The first-order valence-corrected chi connectivity index (χ1v) is 8.28. The third kappa shape index (κ3) is 2.93. The Kier molecular flexibility index (Phi) is 3.84. The van der Waals surface area contributed by atoms with Crippen molar-refractivity contribution in [3.05, 3.63) is 59.4 Å². The van der Waals surface area contributed by atoms with Crippen molar-refractivity contribution < 1.29 is 18.7 Å². The molecule has 0 bridgehead atoms. The molecule has 0 spiro atoms. The van der Waals surface area contributed by atoms with Crippen LogP contribution in [0.1, 0.15) is 21.7 Å². The fraction of sp³-hybridized carbons (Fsp3) is 0.250. The predicted molar refractivity (Wildman–Crippen MR) is 94.4 cm³/mol. The van der Waals surface area contributed by atoms with Gasteiger partial charge in [-0.2, -0.15) is 0 Å². The molecule has 5 heteroatoms. The third-order valence-corrected chi connectivity index (χ3v) is 4.36. The second-order valence-corrected chi connectivity index (χ2v) is 6.26. The zero-order valence-electron chi connectivity index (χ0n) is 14.2. The Morgan fingerprint density at radius 1 is 1.16 bits per heavy atom. The molecule has 1 aliphatic rings. The van der Waals surface area contributed by atoms with E-state index >= 15 is 0 Å². The summed E-state index contributed by atoms with van der Waals surface area (Å²) in [4.78, 5) is 12.5. The first-order valence-electron chi connectivity index (χ1n) is 8.28. The minimum Gasteiger partial charge on any atom is -0.486 e. The highest BCUT2D eigenvalue weighted by atomic mass is 16.6. The summed E-state index contributed by atoms with van der Waals surface area (Å²) >= 11 is 0. The molecule has 1 amide bonds. The van der Waals surface area contributed by atoms with Crippen molar-refractivity contribution in [1.29, 1.82) is 0 Å². The van der Waals surface area contributed by atoms with Gasteiger partial charge in [-0.05, 0) is 38.1 Å². The monoisotopic (exact) mass is 337 g/mol. The lowest BCUT2D eigenvalue weighted by molar-refractivity contribution is 0.0774. The van der Waals surface area contributed by atoms with E-state index in [0.717, 1.165) is 27.8 Å². The van der Waals surface area contributed by atoms with Crippen LogP contribution in [0.25, 0.3) is 11.0 Å². The summed E-state index contributed by atoms with van der Waals surface area (Å²) in [5, 5.41) is 3.85. The Hall–Kier alpha value is -2.95. The average molecular weight is 337 g/mol. The maximum absolute atomic E-state index is 12.5. The van der Waals surface area contributed by atoms with E-state index in [2.05, 4.69) is 5.32 Å². The first-order chi connectivity index (χ1) is 12.1. The molecule has 128 valence electrons. The minimum absolute atomic E-state index is 0.231. The van der Waals surface area contributed by atoms with Crippen LogP contribution < -0.4 is 14.8 Å². The lowest BCUT2D eigenvalue weighted by Crippen LogP contribution is -2.40. The van der Waals surface area contributed by atoms with Gasteiger partial charge in [0.2, 0.25) is 0 Å². The number of carbonyl (C=O) groups is 1. The molecule has 2 aromatic carbocycles. The predicted octanol–water partition coefficient (Wildman–Crippen LogP) is 3.62. The molecule has 3 aromatic rings. The molecule has 2 heterocycles. The van der Waals surface area contributed by atoms with Crippen LogP contribution >= 0.6 is 0 Å². The number of hydrogen-bond acceptors (Lipinski definition) is 4. The molecule has 0 aliphatic carbocycles. The zero-order chi connectivity index (χ0) is 17.4. The average Bonchev–Trinajstić information content (AvgIpc) is 2.96. The van der Waals surface area contributed by atoms with E-state index in [0.29, 0.717) is 24.7 Å². The van der Waals surface area contributed by atoms with Crippen molar-refractivity contribution in [3.63, 3.8) is 0 Å². The van der Waals surface area contributed by atoms with Gasteiger partial charge in [-0.15, -0.1) is 0 Å². The van der Waals surface area contributed by atoms with Crippen molar-refractivity contribution in [2.75, 3.05) is 13.2 Å². The van der Waals surface area contributed by atoms with E-state index in [-0.39, 0.29) is 12.0 Å². The van der Waals surface area contributed by atoms with Crippen LogP contribution in [0.2, 0.25) is 0 Å². The van der Waals surface area contributed by atoms with Crippen LogP contribution in [0.5, 0.6) is 11.5 Å². The van der Waals surface area contributed by atoms with Gasteiger partial charge in [0.25, 0.3) is 5.91 Å². The number of benzene rings is 2. The topological polar surface area (TPSA) is 60.7 Å². The largest absolute Gasteiger partial charge is 0.486 e. The summed E-state index contributed by atoms with van der Waals surface area (Å²) in [6.07, 6.45) is -0.231. The summed E-state index contributed by atoms with van der Waals surface area (Å²) in [6.45, 7) is 4.67. The lowest BCUT2D eigenvalue weighted by Gasteiger charge is -2.26. The Morgan fingerprint density at radius 2 is 1.96 bits per heavy atom. The highest BCUT2D eigenvalue weighted by molar-refractivity contribution is 5.99. The number of nitrogens with one attached hydrogen (secondary N) is 1. The summed E-state index contributed by atoms with van der Waals surface area (Å²) in [5.41, 5.74) is 2.71. The molecule has 25 heavy (non-hydrogen) atoms. The van der Waals surface area contributed by atoms with Crippen molar-refractivity contribution in [2.24, 2.45) is 0 Å². The molecule has 1 aliphatic heterocycles. The van der Waals surface area contributed by atoms with Crippen molar-refractivity contribution in [3.8, 4) is 11.5 Å². The van der Waals surface area contributed by atoms with Gasteiger partial charge in [0, 0.05) is 10.9 Å². The molecular formula is C20H19NO4. The fourth-order valence-electron chi connectivity index (χ4n) is 3.00.